The van der Waals surface area contributed by atoms with Crippen LogP contribution in [0.25, 0.3) is 0 Å². The SMILES string of the molecule is COc1ccccc1CC(C)(C)NC(=O)C(C)CN.Cl. The second-order valence-electron chi connectivity index (χ2n) is 5.50. The number of hydrogen-bond donors (Lipinski definition) is 2. The standard InChI is InChI=1S/C15H24N2O2.ClH/c1-11(10-16)14(18)17-15(2,3)9-12-7-5-6-8-13(12)19-4;/h5-8,11H,9-10,16H2,1-4H3,(H,17,18);1H. The molecule has 0 fully saturated rings. The van der Waals surface area contributed by atoms with Crippen LogP contribution in [-0.4, -0.2) is 25.1 Å². The Hall–Kier alpha value is -1.26. The third kappa shape index (κ3) is 5.39. The molecule has 5 heteroatoms. The van der Waals surface area contributed by atoms with Crippen LogP contribution in [0.15, 0.2) is 24.3 Å². The topological polar surface area (TPSA) is 64.3 Å². The molecule has 0 aromatic heterocycles. The van der Waals surface area contributed by atoms with E-state index in [1.165, 1.54) is 0 Å². The molecular weight excluding hydrogens is 276 g/mol. The van der Waals surface area contributed by atoms with Crippen LogP contribution in [0.3, 0.4) is 0 Å². The van der Waals surface area contributed by atoms with Crippen molar-refractivity contribution >= 4 is 18.3 Å². The highest BCUT2D eigenvalue weighted by Crippen LogP contribution is 2.22. The summed E-state index contributed by atoms with van der Waals surface area (Å²) in [6.45, 7) is 6.19. The van der Waals surface area contributed by atoms with Crippen LogP contribution >= 0.6 is 12.4 Å². The van der Waals surface area contributed by atoms with Crippen molar-refractivity contribution in [3.8, 4) is 5.75 Å². The van der Waals surface area contributed by atoms with E-state index < -0.39 is 0 Å². The van der Waals surface area contributed by atoms with Crippen LogP contribution in [0.4, 0.5) is 0 Å². The van der Waals surface area contributed by atoms with Crippen LogP contribution in [0.1, 0.15) is 26.3 Å². The van der Waals surface area contributed by atoms with Gasteiger partial charge in [-0.1, -0.05) is 25.1 Å². The number of rotatable bonds is 6. The van der Waals surface area contributed by atoms with E-state index in [0.29, 0.717) is 13.0 Å². The quantitative estimate of drug-likeness (QED) is 0.846. The van der Waals surface area contributed by atoms with Gasteiger partial charge in [-0.3, -0.25) is 4.79 Å². The fourth-order valence-corrected chi connectivity index (χ4v) is 1.93. The van der Waals surface area contributed by atoms with Gasteiger partial charge in [0.25, 0.3) is 0 Å². The van der Waals surface area contributed by atoms with Crippen molar-refractivity contribution in [1.82, 2.24) is 5.32 Å². The average Bonchev–Trinajstić information content (AvgIpc) is 2.37. The summed E-state index contributed by atoms with van der Waals surface area (Å²) in [7, 11) is 1.65. The molecule has 0 saturated carbocycles. The zero-order chi connectivity index (χ0) is 14.5. The molecule has 1 aromatic rings. The van der Waals surface area contributed by atoms with Gasteiger partial charge in [0.15, 0.2) is 0 Å². The molecule has 114 valence electrons. The normalized spacial score (nSPS) is 12.2. The summed E-state index contributed by atoms with van der Waals surface area (Å²) < 4.78 is 5.33. The fraction of sp³-hybridized carbons (Fsp3) is 0.533. The number of ether oxygens (including phenoxy) is 1. The van der Waals surface area contributed by atoms with Crippen LogP contribution in [0, 0.1) is 5.92 Å². The van der Waals surface area contributed by atoms with E-state index in [1.54, 1.807) is 7.11 Å². The largest absolute Gasteiger partial charge is 0.496 e. The van der Waals surface area contributed by atoms with Crippen molar-refractivity contribution in [3.05, 3.63) is 29.8 Å². The summed E-state index contributed by atoms with van der Waals surface area (Å²) in [5.41, 5.74) is 6.25. The number of nitrogens with one attached hydrogen (secondary N) is 1. The van der Waals surface area contributed by atoms with E-state index in [-0.39, 0.29) is 29.8 Å². The number of amides is 1. The van der Waals surface area contributed by atoms with Crippen molar-refractivity contribution < 1.29 is 9.53 Å². The highest BCUT2D eigenvalue weighted by molar-refractivity contribution is 5.85. The molecule has 0 saturated heterocycles. The monoisotopic (exact) mass is 300 g/mol. The molecule has 1 aromatic carbocycles. The maximum Gasteiger partial charge on any atom is 0.224 e. The van der Waals surface area contributed by atoms with Gasteiger partial charge in [-0.25, -0.2) is 0 Å². The first-order chi connectivity index (χ1) is 8.89. The molecule has 0 aliphatic heterocycles. The molecule has 1 rings (SSSR count). The van der Waals surface area contributed by atoms with Gasteiger partial charge in [0.05, 0.1) is 7.11 Å². The number of hydrogen-bond acceptors (Lipinski definition) is 3. The highest BCUT2D eigenvalue weighted by Gasteiger charge is 2.24. The summed E-state index contributed by atoms with van der Waals surface area (Å²) in [5.74, 6) is 0.663. The Balaban J connectivity index is 0.00000361. The van der Waals surface area contributed by atoms with Crippen LogP contribution in [0.5, 0.6) is 5.75 Å². The third-order valence-electron chi connectivity index (χ3n) is 3.09. The molecule has 1 amide bonds. The Bertz CT molecular complexity index is 436. The van der Waals surface area contributed by atoms with E-state index in [9.17, 15) is 4.79 Å². The number of halogens is 1. The summed E-state index contributed by atoms with van der Waals surface area (Å²) in [6.07, 6.45) is 0.708. The van der Waals surface area contributed by atoms with Gasteiger partial charge in [0.2, 0.25) is 5.91 Å². The van der Waals surface area contributed by atoms with Crippen molar-refractivity contribution in [2.45, 2.75) is 32.7 Å². The lowest BCUT2D eigenvalue weighted by Gasteiger charge is -2.28. The van der Waals surface area contributed by atoms with E-state index >= 15 is 0 Å². The molecule has 1 unspecified atom stereocenters. The first kappa shape index (κ1) is 18.7. The van der Waals surface area contributed by atoms with Crippen molar-refractivity contribution in [2.24, 2.45) is 11.7 Å². The van der Waals surface area contributed by atoms with Gasteiger partial charge < -0.3 is 15.8 Å². The molecule has 0 aliphatic carbocycles. The van der Waals surface area contributed by atoms with Gasteiger partial charge >= 0.3 is 0 Å². The highest BCUT2D eigenvalue weighted by atomic mass is 35.5. The molecule has 1 atom stereocenters. The lowest BCUT2D eigenvalue weighted by atomic mass is 9.93. The number of methoxy groups -OCH3 is 1. The van der Waals surface area contributed by atoms with Gasteiger partial charge in [-0.2, -0.15) is 0 Å². The molecule has 0 bridgehead atoms. The van der Waals surface area contributed by atoms with Gasteiger partial charge in [0.1, 0.15) is 5.75 Å². The lowest BCUT2D eigenvalue weighted by Crippen LogP contribution is -2.48. The number of nitrogens with two attached hydrogens (primary N) is 1. The number of para-hydroxylation sites is 1. The smallest absolute Gasteiger partial charge is 0.224 e. The molecular formula is C15H25ClN2O2. The van der Waals surface area contributed by atoms with E-state index in [1.807, 2.05) is 45.0 Å². The molecule has 0 aliphatic rings. The molecule has 3 N–H and O–H groups in total. The van der Waals surface area contributed by atoms with E-state index in [0.717, 1.165) is 11.3 Å². The fourth-order valence-electron chi connectivity index (χ4n) is 1.93. The minimum absolute atomic E-state index is 0. The Labute approximate surface area is 127 Å². The Morgan fingerprint density at radius 3 is 2.55 bits per heavy atom. The van der Waals surface area contributed by atoms with Crippen LogP contribution < -0.4 is 15.8 Å². The zero-order valence-electron chi connectivity index (χ0n) is 12.6. The summed E-state index contributed by atoms with van der Waals surface area (Å²) >= 11 is 0. The molecule has 0 spiro atoms. The predicted octanol–water partition coefficient (Wildman–Crippen LogP) is 2.15. The van der Waals surface area contributed by atoms with Gasteiger partial charge in [-0.15, -0.1) is 12.4 Å². The van der Waals surface area contributed by atoms with Crippen LogP contribution in [0.2, 0.25) is 0 Å². The summed E-state index contributed by atoms with van der Waals surface area (Å²) in [6, 6.07) is 7.84. The average molecular weight is 301 g/mol. The van der Waals surface area contributed by atoms with Crippen molar-refractivity contribution in [3.63, 3.8) is 0 Å². The van der Waals surface area contributed by atoms with E-state index in [2.05, 4.69) is 5.32 Å². The van der Waals surface area contributed by atoms with Crippen molar-refractivity contribution in [1.29, 1.82) is 0 Å². The first-order valence-electron chi connectivity index (χ1n) is 6.53. The molecule has 0 radical (unpaired) electrons. The molecule has 4 nitrogen and oxygen atoms in total. The zero-order valence-corrected chi connectivity index (χ0v) is 13.4. The van der Waals surface area contributed by atoms with Crippen LogP contribution in [-0.2, 0) is 11.2 Å². The Morgan fingerprint density at radius 2 is 2.00 bits per heavy atom. The Kier molecular flexibility index (Phi) is 7.61. The molecule has 20 heavy (non-hydrogen) atoms. The summed E-state index contributed by atoms with van der Waals surface area (Å²) in [4.78, 5) is 11.9. The molecule has 0 heterocycles. The van der Waals surface area contributed by atoms with Crippen molar-refractivity contribution in [2.75, 3.05) is 13.7 Å². The maximum atomic E-state index is 11.9. The third-order valence-corrected chi connectivity index (χ3v) is 3.09. The minimum atomic E-state index is -0.338. The van der Waals surface area contributed by atoms with Gasteiger partial charge in [0, 0.05) is 18.0 Å². The van der Waals surface area contributed by atoms with E-state index in [4.69, 9.17) is 10.5 Å². The number of carbonyl (C=O) groups excluding carboxylic acids is 1. The minimum Gasteiger partial charge on any atom is -0.496 e. The number of carbonyl (C=O) groups is 1. The second kappa shape index (κ2) is 8.12. The first-order valence-corrected chi connectivity index (χ1v) is 6.53. The lowest BCUT2D eigenvalue weighted by molar-refractivity contribution is -0.125. The second-order valence-corrected chi connectivity index (χ2v) is 5.50. The number of benzene rings is 1. The summed E-state index contributed by atoms with van der Waals surface area (Å²) in [5, 5.41) is 3.03. The Morgan fingerprint density at radius 1 is 1.40 bits per heavy atom. The predicted molar refractivity (Wildman–Crippen MR) is 84.4 cm³/mol. The maximum absolute atomic E-state index is 11.9. The van der Waals surface area contributed by atoms with Gasteiger partial charge in [-0.05, 0) is 31.9 Å².